The Bertz CT molecular complexity index is 1640. The number of hydrogen-bond acceptors (Lipinski definition) is 6. The van der Waals surface area contributed by atoms with E-state index in [1.165, 1.54) is 30.3 Å². The molecule has 0 aromatic heterocycles. The molecule has 0 aliphatic heterocycles. The molecular weight excluding hydrogens is 606 g/mol. The second-order valence-corrected chi connectivity index (χ2v) is 13.4. The monoisotopic (exact) mass is 636 g/mol. The molecule has 12 heteroatoms. The average molecular weight is 638 g/mol. The first-order valence-electron chi connectivity index (χ1n) is 13.3. The molecule has 1 aliphatic rings. The first kappa shape index (κ1) is 31.6. The van der Waals surface area contributed by atoms with Crippen LogP contribution in [0.3, 0.4) is 0 Å². The summed E-state index contributed by atoms with van der Waals surface area (Å²) in [7, 11) is -4.25. The van der Waals surface area contributed by atoms with Crippen LogP contribution in [0.1, 0.15) is 67.9 Å². The van der Waals surface area contributed by atoms with Gasteiger partial charge in [0.05, 0.1) is 28.8 Å². The quantitative estimate of drug-likeness (QED) is 0.227. The second kappa shape index (κ2) is 12.5. The highest BCUT2D eigenvalue weighted by molar-refractivity contribution is 7.92. The largest absolute Gasteiger partial charge is 0.466 e. The molecule has 1 fully saturated rings. The number of rotatable bonds is 10. The minimum Gasteiger partial charge on any atom is -0.466 e. The van der Waals surface area contributed by atoms with Gasteiger partial charge in [-0.05, 0) is 88.4 Å². The van der Waals surface area contributed by atoms with E-state index in [-0.39, 0.29) is 56.3 Å². The molecule has 0 saturated heterocycles. The lowest BCUT2D eigenvalue weighted by Gasteiger charge is -2.21. The third-order valence-corrected chi connectivity index (χ3v) is 8.37. The zero-order valence-corrected chi connectivity index (χ0v) is 25.8. The van der Waals surface area contributed by atoms with E-state index in [2.05, 4.69) is 10.0 Å². The smallest absolute Gasteiger partial charge is 0.310 e. The van der Waals surface area contributed by atoms with Crippen molar-refractivity contribution in [3.05, 3.63) is 81.1 Å². The zero-order valence-electron chi connectivity index (χ0n) is 23.5. The van der Waals surface area contributed by atoms with Crippen molar-refractivity contribution in [2.24, 2.45) is 0 Å². The number of nitrogens with one attached hydrogen (secondary N) is 2. The molecule has 0 unspecified atom stereocenters. The normalized spacial score (nSPS) is 13.4. The molecule has 0 bridgehead atoms. The van der Waals surface area contributed by atoms with E-state index in [4.69, 9.17) is 32.7 Å². The summed E-state index contributed by atoms with van der Waals surface area (Å²) >= 11 is 12.7. The van der Waals surface area contributed by atoms with Gasteiger partial charge in [0.25, 0.3) is 15.9 Å². The first-order valence-corrected chi connectivity index (χ1v) is 15.5. The molecule has 3 aromatic carbocycles. The number of anilines is 1. The molecule has 8 nitrogen and oxygen atoms in total. The zero-order chi connectivity index (χ0) is 30.8. The molecule has 0 heterocycles. The van der Waals surface area contributed by atoms with Gasteiger partial charge in [0, 0.05) is 22.7 Å². The summed E-state index contributed by atoms with van der Waals surface area (Å²) in [5, 5.41) is 2.84. The van der Waals surface area contributed by atoms with Gasteiger partial charge in [0.15, 0.2) is 5.75 Å². The molecule has 4 rings (SSSR count). The summed E-state index contributed by atoms with van der Waals surface area (Å²) in [5.74, 6) is -1.66. The molecule has 42 heavy (non-hydrogen) atoms. The summed E-state index contributed by atoms with van der Waals surface area (Å²) < 4.78 is 55.0. The van der Waals surface area contributed by atoms with Crippen molar-refractivity contribution in [2.45, 2.75) is 63.3 Å². The van der Waals surface area contributed by atoms with Crippen LogP contribution in [0.25, 0.3) is 0 Å². The number of carbonyl (C=O) groups is 2. The third kappa shape index (κ3) is 7.93. The van der Waals surface area contributed by atoms with Gasteiger partial charge >= 0.3 is 5.97 Å². The first-order chi connectivity index (χ1) is 19.7. The van der Waals surface area contributed by atoms with E-state index in [9.17, 15) is 22.4 Å². The SMILES string of the molecule is CCOC(=O)Cc1cc(Cl)c(Oc2ccc(C(=O)NC(C)(C)C)cc2NS(=O)(=O)c2ccc(C3CC3)cc2Cl)cc1F. The number of benzene rings is 3. The van der Waals surface area contributed by atoms with Gasteiger partial charge in [0.2, 0.25) is 0 Å². The topological polar surface area (TPSA) is 111 Å². The fraction of sp³-hybridized carbons (Fsp3) is 0.333. The minimum atomic E-state index is -4.25. The van der Waals surface area contributed by atoms with Crippen molar-refractivity contribution >= 4 is 50.8 Å². The maximum absolute atomic E-state index is 14.9. The highest BCUT2D eigenvalue weighted by atomic mass is 35.5. The Hall–Kier alpha value is -3.34. The molecule has 1 aliphatic carbocycles. The number of carbonyl (C=O) groups excluding carboxylic acids is 2. The van der Waals surface area contributed by atoms with Crippen molar-refractivity contribution in [3.8, 4) is 11.5 Å². The van der Waals surface area contributed by atoms with E-state index >= 15 is 0 Å². The predicted molar refractivity (Wildman–Crippen MR) is 160 cm³/mol. The number of ether oxygens (including phenoxy) is 2. The highest BCUT2D eigenvalue weighted by Gasteiger charge is 2.27. The molecule has 224 valence electrons. The molecule has 0 radical (unpaired) electrons. The summed E-state index contributed by atoms with van der Waals surface area (Å²) in [6.07, 6.45) is 1.72. The number of halogens is 3. The summed E-state index contributed by atoms with van der Waals surface area (Å²) in [5.41, 5.74) is 0.453. The van der Waals surface area contributed by atoms with Crippen molar-refractivity contribution in [3.63, 3.8) is 0 Å². The Morgan fingerprint density at radius 3 is 2.33 bits per heavy atom. The Morgan fingerprint density at radius 1 is 1.00 bits per heavy atom. The van der Waals surface area contributed by atoms with Crippen LogP contribution in [0.4, 0.5) is 10.1 Å². The molecule has 1 amide bonds. The maximum atomic E-state index is 14.9. The van der Waals surface area contributed by atoms with Gasteiger partial charge in [-0.1, -0.05) is 29.3 Å². The lowest BCUT2D eigenvalue weighted by Crippen LogP contribution is -2.40. The van der Waals surface area contributed by atoms with Gasteiger partial charge in [-0.2, -0.15) is 0 Å². The van der Waals surface area contributed by atoms with E-state index in [0.717, 1.165) is 24.5 Å². The number of amides is 1. The molecular formula is C30H31Cl2FN2O6S. The van der Waals surface area contributed by atoms with Crippen molar-refractivity contribution in [2.75, 3.05) is 11.3 Å². The molecule has 0 atom stereocenters. The second-order valence-electron chi connectivity index (χ2n) is 10.9. The van der Waals surface area contributed by atoms with E-state index < -0.39 is 33.3 Å². The Morgan fingerprint density at radius 2 is 1.71 bits per heavy atom. The molecule has 0 spiro atoms. The number of esters is 1. The fourth-order valence-electron chi connectivity index (χ4n) is 4.13. The number of sulfonamides is 1. The van der Waals surface area contributed by atoms with Gasteiger partial charge in [-0.25, -0.2) is 12.8 Å². The minimum absolute atomic E-state index is 0.00483. The van der Waals surface area contributed by atoms with Crippen LogP contribution in [0, 0.1) is 5.82 Å². The maximum Gasteiger partial charge on any atom is 0.310 e. The molecule has 2 N–H and O–H groups in total. The van der Waals surface area contributed by atoms with Crippen LogP contribution in [-0.2, 0) is 26.0 Å². The van der Waals surface area contributed by atoms with E-state index in [1.54, 1.807) is 39.8 Å². The van der Waals surface area contributed by atoms with Crippen LogP contribution >= 0.6 is 23.2 Å². The van der Waals surface area contributed by atoms with Gasteiger partial charge in [-0.15, -0.1) is 0 Å². The van der Waals surface area contributed by atoms with Crippen molar-refractivity contribution in [1.29, 1.82) is 0 Å². The van der Waals surface area contributed by atoms with Crippen LogP contribution in [-0.4, -0.2) is 32.4 Å². The van der Waals surface area contributed by atoms with Gasteiger partial charge in [0.1, 0.15) is 16.5 Å². The Balaban J connectivity index is 1.70. The molecule has 1 saturated carbocycles. The number of hydrogen-bond donors (Lipinski definition) is 2. The van der Waals surface area contributed by atoms with Crippen molar-refractivity contribution in [1.82, 2.24) is 5.32 Å². The van der Waals surface area contributed by atoms with Crippen LogP contribution in [0.2, 0.25) is 10.0 Å². The Kier molecular flexibility index (Phi) is 9.39. The van der Waals surface area contributed by atoms with Crippen molar-refractivity contribution < 1.29 is 31.9 Å². The van der Waals surface area contributed by atoms with Gasteiger partial charge in [-0.3, -0.25) is 14.3 Å². The summed E-state index contributed by atoms with van der Waals surface area (Å²) in [6.45, 7) is 7.21. The lowest BCUT2D eigenvalue weighted by molar-refractivity contribution is -0.142. The lowest BCUT2D eigenvalue weighted by atomic mass is 10.1. The Labute approximate surface area is 254 Å². The average Bonchev–Trinajstić information content (AvgIpc) is 3.72. The molecule has 3 aromatic rings. The summed E-state index contributed by atoms with van der Waals surface area (Å²) in [6, 6.07) is 11.1. The van der Waals surface area contributed by atoms with Crippen LogP contribution in [0.5, 0.6) is 11.5 Å². The predicted octanol–water partition coefficient (Wildman–Crippen LogP) is 7.24. The highest BCUT2D eigenvalue weighted by Crippen LogP contribution is 2.42. The standard InChI is InChI=1S/C30H31Cl2FN2O6S/c1-5-40-28(36)15-20-13-21(31)26(16-23(20)33)41-25-10-8-19(29(37)34-30(2,3)4)14-24(25)35-42(38,39)27-11-9-18(12-22(27)32)17-6-7-17/h8-14,16-17,35H,5-7,15H2,1-4H3,(H,34,37). The van der Waals surface area contributed by atoms with E-state index in [1.807, 2.05) is 0 Å². The third-order valence-electron chi connectivity index (χ3n) is 6.23. The van der Waals surface area contributed by atoms with Crippen LogP contribution in [0.15, 0.2) is 53.4 Å². The van der Waals surface area contributed by atoms with E-state index in [0.29, 0.717) is 5.92 Å². The fourth-order valence-corrected chi connectivity index (χ4v) is 5.97. The van der Waals surface area contributed by atoms with Crippen LogP contribution < -0.4 is 14.8 Å². The summed E-state index contributed by atoms with van der Waals surface area (Å²) in [4.78, 5) is 24.6. The van der Waals surface area contributed by atoms with Gasteiger partial charge < -0.3 is 14.8 Å².